The summed E-state index contributed by atoms with van der Waals surface area (Å²) in [5, 5.41) is 0. The van der Waals surface area contributed by atoms with E-state index < -0.39 is 15.8 Å². The molecule has 0 unspecified atom stereocenters. The van der Waals surface area contributed by atoms with Crippen LogP contribution in [0.4, 0.5) is 5.82 Å². The highest BCUT2D eigenvalue weighted by Gasteiger charge is 2.29. The fourth-order valence-corrected chi connectivity index (χ4v) is 4.56. The van der Waals surface area contributed by atoms with Crippen molar-refractivity contribution in [3.05, 3.63) is 53.1 Å². The van der Waals surface area contributed by atoms with Crippen molar-refractivity contribution in [2.75, 3.05) is 31.1 Å². The van der Waals surface area contributed by atoms with Gasteiger partial charge >= 0.3 is 5.76 Å². The predicted molar refractivity (Wildman–Crippen MR) is 96.7 cm³/mol. The van der Waals surface area contributed by atoms with Crippen molar-refractivity contribution in [2.45, 2.75) is 4.90 Å². The Kier molecular flexibility index (Phi) is 4.04. The van der Waals surface area contributed by atoms with Gasteiger partial charge in [0.05, 0.1) is 10.4 Å². The molecule has 1 fully saturated rings. The summed E-state index contributed by atoms with van der Waals surface area (Å²) < 4.78 is 33.8. The minimum Gasteiger partial charge on any atom is -0.408 e. The van der Waals surface area contributed by atoms with E-state index in [2.05, 4.69) is 9.88 Å². The molecule has 1 saturated heterocycles. The lowest BCUT2D eigenvalue weighted by Gasteiger charge is -2.34. The lowest BCUT2D eigenvalue weighted by molar-refractivity contribution is 0.384. The van der Waals surface area contributed by atoms with Gasteiger partial charge in [0.1, 0.15) is 5.82 Å². The van der Waals surface area contributed by atoms with Crippen LogP contribution in [-0.4, -0.2) is 48.5 Å². The zero-order valence-electron chi connectivity index (χ0n) is 14.2. The molecule has 26 heavy (non-hydrogen) atoms. The van der Waals surface area contributed by atoms with E-state index in [9.17, 15) is 13.2 Å². The summed E-state index contributed by atoms with van der Waals surface area (Å²) in [7, 11) is -2.07. The molecule has 0 aliphatic carbocycles. The number of piperazine rings is 1. The molecule has 136 valence electrons. The molecular weight excluding hydrogens is 356 g/mol. The minimum absolute atomic E-state index is 0.130. The number of nitrogens with zero attached hydrogens (tertiary/aromatic N) is 4. The molecule has 2 aromatic heterocycles. The number of oxazole rings is 1. The summed E-state index contributed by atoms with van der Waals surface area (Å²) in [5.41, 5.74) is 0.833. The Bertz CT molecular complexity index is 1100. The van der Waals surface area contributed by atoms with Gasteiger partial charge in [-0.05, 0) is 24.3 Å². The van der Waals surface area contributed by atoms with Crippen LogP contribution in [0.15, 0.2) is 56.7 Å². The topological polar surface area (TPSA) is 88.6 Å². The fourth-order valence-electron chi connectivity index (χ4n) is 3.12. The maximum atomic E-state index is 12.9. The average Bonchev–Trinajstić information content (AvgIpc) is 2.96. The first kappa shape index (κ1) is 16.8. The second kappa shape index (κ2) is 6.26. The van der Waals surface area contributed by atoms with Gasteiger partial charge in [0.15, 0.2) is 5.58 Å². The third-order valence-electron chi connectivity index (χ3n) is 4.61. The van der Waals surface area contributed by atoms with Gasteiger partial charge in [0.25, 0.3) is 0 Å². The van der Waals surface area contributed by atoms with Gasteiger partial charge in [0, 0.05) is 45.5 Å². The quantitative estimate of drug-likeness (QED) is 0.681. The molecule has 0 saturated carbocycles. The van der Waals surface area contributed by atoms with E-state index in [0.29, 0.717) is 31.7 Å². The van der Waals surface area contributed by atoms with Gasteiger partial charge in [-0.2, -0.15) is 4.31 Å². The van der Waals surface area contributed by atoms with E-state index in [1.54, 1.807) is 19.3 Å². The number of anilines is 1. The monoisotopic (exact) mass is 374 g/mol. The highest BCUT2D eigenvalue weighted by molar-refractivity contribution is 7.89. The first-order chi connectivity index (χ1) is 12.5. The van der Waals surface area contributed by atoms with Crippen LogP contribution >= 0.6 is 0 Å². The third-order valence-corrected chi connectivity index (χ3v) is 6.51. The lowest BCUT2D eigenvalue weighted by atomic mass is 10.3. The van der Waals surface area contributed by atoms with E-state index in [-0.39, 0.29) is 10.5 Å². The fraction of sp³-hybridized carbons (Fsp3) is 0.294. The summed E-state index contributed by atoms with van der Waals surface area (Å²) in [5.74, 6) is 0.329. The molecule has 0 radical (unpaired) electrons. The molecule has 3 aromatic rings. The van der Waals surface area contributed by atoms with E-state index in [4.69, 9.17) is 4.42 Å². The first-order valence-corrected chi connectivity index (χ1v) is 9.66. The van der Waals surface area contributed by atoms with Crippen LogP contribution < -0.4 is 10.7 Å². The van der Waals surface area contributed by atoms with Crippen LogP contribution in [0.25, 0.3) is 11.1 Å². The van der Waals surface area contributed by atoms with E-state index in [1.165, 1.54) is 21.0 Å². The van der Waals surface area contributed by atoms with Crippen molar-refractivity contribution in [3.8, 4) is 0 Å². The van der Waals surface area contributed by atoms with Crippen LogP contribution in [0.3, 0.4) is 0 Å². The number of sulfonamides is 1. The largest absolute Gasteiger partial charge is 0.419 e. The number of pyridine rings is 1. The maximum absolute atomic E-state index is 12.9. The Labute approximate surface area is 150 Å². The molecule has 8 nitrogen and oxygen atoms in total. The SMILES string of the molecule is Cn1c(=O)oc2cc(S(=O)(=O)N3CCN(c4ccccn4)CC3)ccc21. The minimum atomic E-state index is -3.65. The number of aromatic nitrogens is 2. The van der Waals surface area contributed by atoms with Gasteiger partial charge in [-0.3, -0.25) is 4.57 Å². The number of rotatable bonds is 3. The molecule has 1 aromatic carbocycles. The van der Waals surface area contributed by atoms with Crippen LogP contribution in [0.2, 0.25) is 0 Å². The summed E-state index contributed by atoms with van der Waals surface area (Å²) >= 11 is 0. The zero-order valence-corrected chi connectivity index (χ0v) is 15.0. The highest BCUT2D eigenvalue weighted by Crippen LogP contribution is 2.23. The maximum Gasteiger partial charge on any atom is 0.419 e. The lowest BCUT2D eigenvalue weighted by Crippen LogP contribution is -2.48. The molecule has 0 N–H and O–H groups in total. The first-order valence-electron chi connectivity index (χ1n) is 8.22. The number of benzene rings is 1. The second-order valence-electron chi connectivity index (χ2n) is 6.14. The normalized spacial score (nSPS) is 16.3. The summed E-state index contributed by atoms with van der Waals surface area (Å²) in [6.07, 6.45) is 1.72. The molecule has 3 heterocycles. The van der Waals surface area contributed by atoms with E-state index >= 15 is 0 Å². The smallest absolute Gasteiger partial charge is 0.408 e. The van der Waals surface area contributed by atoms with Crippen molar-refractivity contribution < 1.29 is 12.8 Å². The van der Waals surface area contributed by atoms with Gasteiger partial charge in [-0.15, -0.1) is 0 Å². The van der Waals surface area contributed by atoms with Crippen LogP contribution in [-0.2, 0) is 17.1 Å². The molecular formula is C17H18N4O4S. The molecule has 0 bridgehead atoms. The second-order valence-corrected chi connectivity index (χ2v) is 8.07. The molecule has 0 amide bonds. The van der Waals surface area contributed by atoms with Crippen molar-refractivity contribution in [2.24, 2.45) is 7.05 Å². The molecule has 4 rings (SSSR count). The average molecular weight is 374 g/mol. The Morgan fingerprint density at radius 2 is 1.85 bits per heavy atom. The van der Waals surface area contributed by atoms with E-state index in [1.807, 2.05) is 18.2 Å². The van der Waals surface area contributed by atoms with E-state index in [0.717, 1.165) is 5.82 Å². The van der Waals surface area contributed by atoms with Gasteiger partial charge in [-0.25, -0.2) is 18.2 Å². The third kappa shape index (κ3) is 2.78. The summed E-state index contributed by atoms with van der Waals surface area (Å²) in [6.45, 7) is 1.88. The number of hydrogen-bond acceptors (Lipinski definition) is 6. The predicted octanol–water partition coefficient (Wildman–Crippen LogP) is 1.04. The number of aryl methyl sites for hydroxylation is 1. The van der Waals surface area contributed by atoms with Crippen molar-refractivity contribution in [3.63, 3.8) is 0 Å². The Morgan fingerprint density at radius 3 is 2.54 bits per heavy atom. The molecule has 1 aliphatic rings. The Morgan fingerprint density at radius 1 is 1.08 bits per heavy atom. The van der Waals surface area contributed by atoms with Gasteiger partial charge in [0.2, 0.25) is 10.0 Å². The van der Waals surface area contributed by atoms with Crippen LogP contribution in [0.5, 0.6) is 0 Å². The summed E-state index contributed by atoms with van der Waals surface area (Å²) in [4.78, 5) is 18.1. The Balaban J connectivity index is 1.57. The highest BCUT2D eigenvalue weighted by atomic mass is 32.2. The van der Waals surface area contributed by atoms with Crippen LogP contribution in [0, 0.1) is 0 Å². The van der Waals surface area contributed by atoms with Crippen molar-refractivity contribution in [1.29, 1.82) is 0 Å². The number of hydrogen-bond donors (Lipinski definition) is 0. The molecule has 1 aliphatic heterocycles. The van der Waals surface area contributed by atoms with Crippen molar-refractivity contribution in [1.82, 2.24) is 13.9 Å². The molecule has 9 heteroatoms. The van der Waals surface area contributed by atoms with Crippen LogP contribution in [0.1, 0.15) is 0 Å². The number of fused-ring (bicyclic) bond motifs is 1. The molecule has 0 atom stereocenters. The van der Waals surface area contributed by atoms with Gasteiger partial charge < -0.3 is 9.32 Å². The zero-order chi connectivity index (χ0) is 18.3. The summed E-state index contributed by atoms with van der Waals surface area (Å²) in [6, 6.07) is 10.2. The van der Waals surface area contributed by atoms with Gasteiger partial charge in [-0.1, -0.05) is 6.07 Å². The Hall–Kier alpha value is -2.65. The standard InChI is InChI=1S/C17H18N4O4S/c1-19-14-6-5-13(12-15(14)25-17(19)22)26(23,24)21-10-8-20(9-11-21)16-4-2-3-7-18-16/h2-7,12H,8-11H2,1H3. The van der Waals surface area contributed by atoms with Crippen molar-refractivity contribution >= 4 is 26.9 Å². The molecule has 0 spiro atoms.